The van der Waals surface area contributed by atoms with E-state index in [-0.39, 0.29) is 6.61 Å². The van der Waals surface area contributed by atoms with Crippen LogP contribution in [-0.2, 0) is 16.1 Å². The third-order valence-corrected chi connectivity index (χ3v) is 9.58. The van der Waals surface area contributed by atoms with Gasteiger partial charge in [-0.05, 0) is 44.6 Å². The molecule has 35 heavy (non-hydrogen) atoms. The van der Waals surface area contributed by atoms with Gasteiger partial charge >= 0.3 is 0 Å². The third-order valence-electron chi connectivity index (χ3n) is 7.96. The van der Waals surface area contributed by atoms with Crippen LogP contribution in [-0.4, -0.2) is 72.2 Å². The van der Waals surface area contributed by atoms with Gasteiger partial charge in [-0.1, -0.05) is 23.4 Å². The average molecular weight is 518 g/mol. The first-order valence-electron chi connectivity index (χ1n) is 12.4. The summed E-state index contributed by atoms with van der Waals surface area (Å²) >= 11 is 8.28. The highest BCUT2D eigenvalue weighted by atomic mass is 35.5. The molecule has 4 saturated heterocycles. The Morgan fingerprint density at radius 1 is 1.11 bits per heavy atom. The Morgan fingerprint density at radius 2 is 1.89 bits per heavy atom. The van der Waals surface area contributed by atoms with Crippen molar-refractivity contribution in [2.24, 2.45) is 10.8 Å². The van der Waals surface area contributed by atoms with Gasteiger partial charge in [-0.3, -0.25) is 0 Å². The molecule has 8 nitrogen and oxygen atoms in total. The lowest BCUT2D eigenvalue weighted by Gasteiger charge is -2.55. The summed E-state index contributed by atoms with van der Waals surface area (Å²) in [6, 6.07) is 1.92. The monoisotopic (exact) mass is 517 g/mol. The van der Waals surface area contributed by atoms with Crippen molar-refractivity contribution in [3.63, 3.8) is 0 Å². The SMILES string of the molecule is Cc1nc(N2CCC3(CC2)CO[C@@H](C)C3)c(CO)nc1Sc1ccnc(N2CC3(COC3)C2)c1Cl. The zero-order valence-electron chi connectivity index (χ0n) is 20.3. The van der Waals surface area contributed by atoms with Gasteiger partial charge in [-0.2, -0.15) is 0 Å². The second-order valence-electron chi connectivity index (χ2n) is 10.8. The van der Waals surface area contributed by atoms with Crippen molar-refractivity contribution < 1.29 is 14.6 Å². The van der Waals surface area contributed by atoms with Crippen molar-refractivity contribution in [3.05, 3.63) is 28.7 Å². The smallest absolute Gasteiger partial charge is 0.153 e. The van der Waals surface area contributed by atoms with Gasteiger partial charge in [-0.25, -0.2) is 15.0 Å². The molecule has 10 heteroatoms. The average Bonchev–Trinajstić information content (AvgIpc) is 3.15. The van der Waals surface area contributed by atoms with Crippen molar-refractivity contribution in [1.29, 1.82) is 0 Å². The number of aliphatic hydroxyl groups is 1. The van der Waals surface area contributed by atoms with Gasteiger partial charge in [-0.15, -0.1) is 0 Å². The Labute approximate surface area is 215 Å². The first kappa shape index (κ1) is 23.7. The molecule has 188 valence electrons. The highest BCUT2D eigenvalue weighted by Gasteiger charge is 2.50. The van der Waals surface area contributed by atoms with Crippen LogP contribution in [0.3, 0.4) is 0 Å². The zero-order chi connectivity index (χ0) is 24.2. The molecule has 1 atom stereocenters. The molecule has 0 unspecified atom stereocenters. The molecule has 2 spiro atoms. The highest BCUT2D eigenvalue weighted by Crippen LogP contribution is 2.45. The highest BCUT2D eigenvalue weighted by molar-refractivity contribution is 7.99. The van der Waals surface area contributed by atoms with Crippen LogP contribution in [0.15, 0.2) is 22.2 Å². The first-order valence-corrected chi connectivity index (χ1v) is 13.6. The van der Waals surface area contributed by atoms with Crippen LogP contribution in [0.5, 0.6) is 0 Å². The van der Waals surface area contributed by atoms with Crippen molar-refractivity contribution in [3.8, 4) is 0 Å². The van der Waals surface area contributed by atoms with E-state index in [2.05, 4.69) is 21.7 Å². The molecule has 0 saturated carbocycles. The maximum atomic E-state index is 10.1. The molecule has 0 amide bonds. The summed E-state index contributed by atoms with van der Waals surface area (Å²) in [7, 11) is 0. The van der Waals surface area contributed by atoms with E-state index in [1.54, 1.807) is 6.20 Å². The standard InChI is InChI=1S/C25H32ClN5O3S/c1-16-9-24(15-34-16)4-7-30(8-5-24)21-18(10-32)29-23(17(2)28-21)35-19-3-6-27-22(20(19)26)31-11-25(12-31)13-33-14-25/h3,6,16,32H,4-5,7-15H2,1-2H3/t16-/m0/s1. The Bertz CT molecular complexity index is 1110. The van der Waals surface area contributed by atoms with Crippen LogP contribution in [0.2, 0.25) is 5.02 Å². The van der Waals surface area contributed by atoms with E-state index in [0.29, 0.717) is 27.7 Å². The number of anilines is 2. The second-order valence-corrected chi connectivity index (χ2v) is 12.2. The summed E-state index contributed by atoms with van der Waals surface area (Å²) in [6.45, 7) is 10.2. The summed E-state index contributed by atoms with van der Waals surface area (Å²) in [6.07, 6.45) is 5.45. The van der Waals surface area contributed by atoms with Gasteiger partial charge < -0.3 is 24.4 Å². The third kappa shape index (κ3) is 4.29. The Kier molecular flexibility index (Phi) is 6.12. The maximum absolute atomic E-state index is 10.1. The largest absolute Gasteiger partial charge is 0.390 e. The summed E-state index contributed by atoms with van der Waals surface area (Å²) in [4.78, 5) is 19.7. The second kappa shape index (κ2) is 9.03. The molecule has 0 aliphatic carbocycles. The minimum absolute atomic E-state index is 0.148. The van der Waals surface area contributed by atoms with E-state index >= 15 is 0 Å². The first-order chi connectivity index (χ1) is 16.9. The van der Waals surface area contributed by atoms with Crippen LogP contribution in [0, 0.1) is 17.8 Å². The number of aryl methyl sites for hydroxylation is 1. The van der Waals surface area contributed by atoms with E-state index < -0.39 is 0 Å². The minimum Gasteiger partial charge on any atom is -0.390 e. The summed E-state index contributed by atoms with van der Waals surface area (Å²) in [5.41, 5.74) is 2.04. The van der Waals surface area contributed by atoms with Crippen molar-refractivity contribution in [2.45, 2.75) is 55.7 Å². The molecule has 0 bridgehead atoms. The van der Waals surface area contributed by atoms with E-state index in [4.69, 9.17) is 31.0 Å². The number of piperidine rings is 1. The van der Waals surface area contributed by atoms with Gasteiger partial charge in [0.2, 0.25) is 0 Å². The van der Waals surface area contributed by atoms with Gasteiger partial charge in [0.1, 0.15) is 16.5 Å². The molecule has 6 heterocycles. The number of halogens is 1. The van der Waals surface area contributed by atoms with Crippen LogP contribution in [0.25, 0.3) is 0 Å². The number of hydrogen-bond acceptors (Lipinski definition) is 9. The van der Waals surface area contributed by atoms with E-state index in [9.17, 15) is 5.11 Å². The topological polar surface area (TPSA) is 83.8 Å². The van der Waals surface area contributed by atoms with Gasteiger partial charge in [0.25, 0.3) is 0 Å². The Hall–Kier alpha value is -1.65. The molecule has 4 fully saturated rings. The molecule has 1 N–H and O–H groups in total. The predicted molar refractivity (Wildman–Crippen MR) is 135 cm³/mol. The van der Waals surface area contributed by atoms with E-state index in [1.807, 2.05) is 13.0 Å². The summed E-state index contributed by atoms with van der Waals surface area (Å²) in [5, 5.41) is 11.5. The molecule has 2 aromatic heterocycles. The van der Waals surface area contributed by atoms with Crippen molar-refractivity contribution >= 4 is 35.0 Å². The lowest BCUT2D eigenvalue weighted by molar-refractivity contribution is -0.127. The maximum Gasteiger partial charge on any atom is 0.153 e. The summed E-state index contributed by atoms with van der Waals surface area (Å²) in [5.74, 6) is 1.61. The zero-order valence-corrected chi connectivity index (χ0v) is 21.9. The number of aromatic nitrogens is 3. The van der Waals surface area contributed by atoms with Crippen LogP contribution < -0.4 is 9.80 Å². The molecule has 0 radical (unpaired) electrons. The number of ether oxygens (including phenoxy) is 2. The predicted octanol–water partition coefficient (Wildman–Crippen LogP) is 3.71. The molecule has 4 aliphatic heterocycles. The van der Waals surface area contributed by atoms with Crippen molar-refractivity contribution in [1.82, 2.24) is 15.0 Å². The van der Waals surface area contributed by atoms with Crippen LogP contribution in [0.4, 0.5) is 11.6 Å². The van der Waals surface area contributed by atoms with Gasteiger partial charge in [0.05, 0.1) is 48.7 Å². The number of pyridine rings is 1. The Morgan fingerprint density at radius 3 is 2.51 bits per heavy atom. The fourth-order valence-corrected chi connectivity index (χ4v) is 7.09. The fraction of sp³-hybridized carbons (Fsp3) is 0.640. The van der Waals surface area contributed by atoms with Crippen molar-refractivity contribution in [2.75, 3.05) is 55.8 Å². The molecule has 2 aromatic rings. The number of rotatable bonds is 5. The van der Waals surface area contributed by atoms with Crippen LogP contribution in [0.1, 0.15) is 37.6 Å². The molecule has 4 aliphatic rings. The van der Waals surface area contributed by atoms with Gasteiger partial charge in [0.15, 0.2) is 5.82 Å². The van der Waals surface area contributed by atoms with Crippen LogP contribution >= 0.6 is 23.4 Å². The summed E-state index contributed by atoms with van der Waals surface area (Å²) < 4.78 is 11.3. The normalized spacial score (nSPS) is 24.6. The van der Waals surface area contributed by atoms with E-state index in [0.717, 1.165) is 92.5 Å². The molecular formula is C25H32ClN5O3S. The number of hydrogen-bond donors (Lipinski definition) is 1. The fourth-order valence-electron chi connectivity index (χ4n) is 5.87. The number of nitrogens with zero attached hydrogens (tertiary/aromatic N) is 5. The molecule has 0 aromatic carbocycles. The quantitative estimate of drug-likeness (QED) is 0.638. The van der Waals surface area contributed by atoms with E-state index in [1.165, 1.54) is 11.8 Å². The Balaban J connectivity index is 1.19. The lowest BCUT2D eigenvalue weighted by atomic mass is 9.77. The lowest BCUT2D eigenvalue weighted by Crippen LogP contribution is -2.66. The number of aliphatic hydroxyl groups excluding tert-OH is 1. The molecule has 6 rings (SSSR count). The molecular weight excluding hydrogens is 486 g/mol. The minimum atomic E-state index is -0.148. The van der Waals surface area contributed by atoms with Gasteiger partial charge in [0, 0.05) is 37.3 Å².